The van der Waals surface area contributed by atoms with Crippen LogP contribution in [0.1, 0.15) is 39.2 Å². The largest absolute Gasteiger partial charge is 0.490 e. The minimum atomic E-state index is -2.54. The van der Waals surface area contributed by atoms with Gasteiger partial charge < -0.3 is 13.9 Å². The van der Waals surface area contributed by atoms with Crippen molar-refractivity contribution in [3.8, 4) is 0 Å². The Balaban J connectivity index is 1.57. The molecule has 0 saturated heterocycles. The summed E-state index contributed by atoms with van der Waals surface area (Å²) in [5.41, 5.74) is 1.09. The summed E-state index contributed by atoms with van der Waals surface area (Å²) in [7, 11) is -0.773. The predicted molar refractivity (Wildman–Crippen MR) is 143 cm³/mol. The zero-order valence-corrected chi connectivity index (χ0v) is 21.7. The summed E-state index contributed by atoms with van der Waals surface area (Å²) in [6.45, 7) is 7.57. The number of hydrogen-bond acceptors (Lipinski definition) is 3. The van der Waals surface area contributed by atoms with E-state index in [0.29, 0.717) is 6.61 Å². The van der Waals surface area contributed by atoms with Crippen LogP contribution in [0.5, 0.6) is 0 Å². The molecule has 0 fully saturated rings. The Bertz CT molecular complexity index is 1020. The van der Waals surface area contributed by atoms with Crippen LogP contribution in [-0.4, -0.2) is 34.2 Å². The fourth-order valence-corrected chi connectivity index (χ4v) is 9.56. The maximum absolute atomic E-state index is 7.08. The molecule has 0 aromatic heterocycles. The molecule has 4 heteroatoms. The highest BCUT2D eigenvalue weighted by Gasteiger charge is 2.50. The zero-order valence-electron chi connectivity index (χ0n) is 20.7. The van der Waals surface area contributed by atoms with E-state index in [4.69, 9.17) is 13.9 Å². The first kappa shape index (κ1) is 24.5. The summed E-state index contributed by atoms with van der Waals surface area (Å²) in [6.07, 6.45) is 3.82. The van der Waals surface area contributed by atoms with Crippen LogP contribution in [0.2, 0.25) is 5.04 Å². The van der Waals surface area contributed by atoms with Gasteiger partial charge in [0.2, 0.25) is 0 Å². The first-order chi connectivity index (χ1) is 16.4. The quantitative estimate of drug-likeness (QED) is 0.388. The topological polar surface area (TPSA) is 27.7 Å². The molecule has 0 radical (unpaired) electrons. The van der Waals surface area contributed by atoms with Gasteiger partial charge in [-0.15, -0.1) is 0 Å². The lowest BCUT2D eigenvalue weighted by Gasteiger charge is -2.43. The van der Waals surface area contributed by atoms with Crippen LogP contribution in [0.4, 0.5) is 0 Å². The van der Waals surface area contributed by atoms with Crippen molar-refractivity contribution in [3.05, 3.63) is 103 Å². The lowest BCUT2D eigenvalue weighted by atomic mass is 10.0. The Morgan fingerprint density at radius 2 is 1.35 bits per heavy atom. The maximum Gasteiger partial charge on any atom is 0.261 e. The van der Waals surface area contributed by atoms with Gasteiger partial charge in [0.15, 0.2) is 0 Å². The summed E-state index contributed by atoms with van der Waals surface area (Å²) < 4.78 is 19.2. The van der Waals surface area contributed by atoms with E-state index in [9.17, 15) is 0 Å². The van der Waals surface area contributed by atoms with E-state index in [1.54, 1.807) is 7.11 Å². The van der Waals surface area contributed by atoms with E-state index in [1.807, 2.05) is 18.2 Å². The molecule has 0 aliphatic carbocycles. The van der Waals surface area contributed by atoms with Gasteiger partial charge in [0.25, 0.3) is 8.32 Å². The molecule has 3 aromatic rings. The van der Waals surface area contributed by atoms with Gasteiger partial charge in [-0.1, -0.05) is 112 Å². The molecule has 0 bridgehead atoms. The van der Waals surface area contributed by atoms with E-state index in [0.717, 1.165) is 24.2 Å². The molecule has 0 N–H and O–H groups in total. The van der Waals surface area contributed by atoms with Crippen LogP contribution in [0.25, 0.3) is 5.76 Å². The van der Waals surface area contributed by atoms with Gasteiger partial charge in [0.1, 0.15) is 11.9 Å². The van der Waals surface area contributed by atoms with Crippen LogP contribution in [0.3, 0.4) is 0 Å². The Kier molecular flexibility index (Phi) is 7.72. The molecule has 178 valence electrons. The van der Waals surface area contributed by atoms with Crippen LogP contribution < -0.4 is 10.4 Å². The second-order valence-electron chi connectivity index (χ2n) is 9.95. The SMILES string of the molecule is CO[C@H]1C=C(c2ccccc2)O[C@H](CCO[Si](c2ccccc2)(c2ccccc2)C(C)(C)C)C1. The van der Waals surface area contributed by atoms with Gasteiger partial charge >= 0.3 is 0 Å². The number of ether oxygens (including phenoxy) is 2. The second-order valence-corrected chi connectivity index (χ2v) is 14.3. The van der Waals surface area contributed by atoms with Crippen molar-refractivity contribution in [2.24, 2.45) is 0 Å². The smallest absolute Gasteiger partial charge is 0.261 e. The third-order valence-electron chi connectivity index (χ3n) is 6.66. The van der Waals surface area contributed by atoms with Gasteiger partial charge in [-0.25, -0.2) is 0 Å². The zero-order chi connectivity index (χ0) is 24.0. The van der Waals surface area contributed by atoms with Crippen molar-refractivity contribution in [1.29, 1.82) is 0 Å². The lowest BCUT2D eigenvalue weighted by Crippen LogP contribution is -2.66. The van der Waals surface area contributed by atoms with E-state index in [-0.39, 0.29) is 17.2 Å². The van der Waals surface area contributed by atoms with Crippen LogP contribution in [0, 0.1) is 0 Å². The minimum Gasteiger partial charge on any atom is -0.490 e. The summed E-state index contributed by atoms with van der Waals surface area (Å²) in [6, 6.07) is 31.9. The van der Waals surface area contributed by atoms with Crippen molar-refractivity contribution >= 4 is 24.5 Å². The highest BCUT2D eigenvalue weighted by molar-refractivity contribution is 6.99. The molecule has 2 atom stereocenters. The molecule has 0 spiro atoms. The average molecular weight is 473 g/mol. The van der Waals surface area contributed by atoms with E-state index >= 15 is 0 Å². The Morgan fingerprint density at radius 3 is 1.85 bits per heavy atom. The molecule has 1 aliphatic rings. The first-order valence-corrected chi connectivity index (χ1v) is 14.1. The third-order valence-corrected chi connectivity index (χ3v) is 11.7. The molecule has 0 amide bonds. The number of benzene rings is 3. The monoisotopic (exact) mass is 472 g/mol. The maximum atomic E-state index is 7.08. The Labute approximate surface area is 205 Å². The predicted octanol–water partition coefficient (Wildman–Crippen LogP) is 5.80. The van der Waals surface area contributed by atoms with Crippen LogP contribution in [0.15, 0.2) is 97.1 Å². The molecule has 0 unspecified atom stereocenters. The van der Waals surface area contributed by atoms with Gasteiger partial charge in [0, 0.05) is 32.1 Å². The Morgan fingerprint density at radius 1 is 0.824 bits per heavy atom. The fraction of sp³-hybridized carbons (Fsp3) is 0.333. The van der Waals surface area contributed by atoms with Crippen molar-refractivity contribution in [3.63, 3.8) is 0 Å². The molecular weight excluding hydrogens is 436 g/mol. The number of rotatable bonds is 8. The summed E-state index contributed by atoms with van der Waals surface area (Å²) in [4.78, 5) is 0. The highest BCUT2D eigenvalue weighted by Crippen LogP contribution is 2.37. The molecule has 34 heavy (non-hydrogen) atoms. The van der Waals surface area contributed by atoms with E-state index < -0.39 is 8.32 Å². The van der Waals surface area contributed by atoms with Crippen molar-refractivity contribution < 1.29 is 13.9 Å². The summed E-state index contributed by atoms with van der Waals surface area (Å²) in [5.74, 6) is 0.897. The summed E-state index contributed by atoms with van der Waals surface area (Å²) >= 11 is 0. The lowest BCUT2D eigenvalue weighted by molar-refractivity contribution is 0.0413. The Hall–Kier alpha value is -2.66. The van der Waals surface area contributed by atoms with Gasteiger partial charge in [-0.3, -0.25) is 0 Å². The third kappa shape index (κ3) is 5.20. The van der Waals surface area contributed by atoms with Crippen LogP contribution in [-0.2, 0) is 13.9 Å². The molecule has 1 aliphatic heterocycles. The van der Waals surface area contributed by atoms with Gasteiger partial charge in [-0.05, 0) is 21.5 Å². The normalized spacial score (nSPS) is 18.8. The van der Waals surface area contributed by atoms with Crippen molar-refractivity contribution in [2.75, 3.05) is 13.7 Å². The van der Waals surface area contributed by atoms with E-state index in [1.165, 1.54) is 10.4 Å². The van der Waals surface area contributed by atoms with E-state index in [2.05, 4.69) is 99.6 Å². The second kappa shape index (κ2) is 10.7. The van der Waals surface area contributed by atoms with Gasteiger partial charge in [0.05, 0.1) is 6.10 Å². The molecule has 0 saturated carbocycles. The fourth-order valence-electron chi connectivity index (χ4n) is 4.98. The average Bonchev–Trinajstić information content (AvgIpc) is 2.87. The molecule has 3 nitrogen and oxygen atoms in total. The van der Waals surface area contributed by atoms with Gasteiger partial charge in [-0.2, -0.15) is 0 Å². The first-order valence-electron chi connectivity index (χ1n) is 12.2. The number of methoxy groups -OCH3 is 1. The highest BCUT2D eigenvalue weighted by atomic mass is 28.4. The van der Waals surface area contributed by atoms with Crippen LogP contribution >= 0.6 is 0 Å². The standard InChI is InChI=1S/C30H36O3Si/c1-30(2,3)34(27-16-10-6-11-17-27,28-18-12-7-13-19-28)32-21-20-25-22-26(31-4)23-29(33-25)24-14-8-5-9-15-24/h5-19,23,25-26H,20-22H2,1-4H3/t25-,26-/m1/s1. The summed E-state index contributed by atoms with van der Waals surface area (Å²) in [5, 5.41) is 2.57. The molecule has 3 aromatic carbocycles. The van der Waals surface area contributed by atoms with Crippen molar-refractivity contribution in [1.82, 2.24) is 0 Å². The number of hydrogen-bond donors (Lipinski definition) is 0. The minimum absolute atomic E-state index is 0.0344. The van der Waals surface area contributed by atoms with Crippen molar-refractivity contribution in [2.45, 2.75) is 50.9 Å². The molecule has 1 heterocycles. The molecular formula is C30H36O3Si. The molecule has 4 rings (SSSR count).